The van der Waals surface area contributed by atoms with Crippen LogP contribution in [0.5, 0.6) is 0 Å². The Bertz CT molecular complexity index is 1380. The zero-order valence-electron chi connectivity index (χ0n) is 20.0. The van der Waals surface area contributed by atoms with Gasteiger partial charge in [-0.25, -0.2) is 0 Å². The Balaban J connectivity index is 1.48. The largest absolute Gasteiger partial charge is 0.451 e. The van der Waals surface area contributed by atoms with E-state index in [2.05, 4.69) is 10.6 Å². The summed E-state index contributed by atoms with van der Waals surface area (Å²) in [4.78, 5) is 53.3. The highest BCUT2D eigenvalue weighted by atomic mass is 16.4. The molecule has 2 aliphatic heterocycles. The van der Waals surface area contributed by atoms with E-state index in [1.807, 2.05) is 42.5 Å². The highest BCUT2D eigenvalue weighted by molar-refractivity contribution is 6.01. The summed E-state index contributed by atoms with van der Waals surface area (Å²) in [7, 11) is 3.27. The second-order valence-electron chi connectivity index (χ2n) is 8.89. The molecule has 0 radical (unpaired) electrons. The van der Waals surface area contributed by atoms with Crippen LogP contribution < -0.4 is 10.6 Å². The van der Waals surface area contributed by atoms with Gasteiger partial charge in [0.2, 0.25) is 11.8 Å². The molecule has 5 rings (SSSR count). The van der Waals surface area contributed by atoms with Gasteiger partial charge in [-0.2, -0.15) is 0 Å². The molecule has 3 aromatic rings. The van der Waals surface area contributed by atoms with Crippen LogP contribution in [-0.2, 0) is 16.1 Å². The number of fused-ring (bicyclic) bond motifs is 1. The second kappa shape index (κ2) is 9.33. The average Bonchev–Trinajstić information content (AvgIpc) is 3.49. The molecule has 9 nitrogen and oxygen atoms in total. The van der Waals surface area contributed by atoms with Gasteiger partial charge in [0.1, 0.15) is 11.8 Å². The van der Waals surface area contributed by atoms with Crippen LogP contribution in [-0.4, -0.2) is 66.7 Å². The Morgan fingerprint density at radius 2 is 1.72 bits per heavy atom. The summed E-state index contributed by atoms with van der Waals surface area (Å²) < 4.78 is 6.02. The maximum atomic E-state index is 13.3. The van der Waals surface area contributed by atoms with Gasteiger partial charge >= 0.3 is 0 Å². The molecule has 0 spiro atoms. The van der Waals surface area contributed by atoms with Crippen molar-refractivity contribution in [3.05, 3.63) is 71.5 Å². The first-order valence-corrected chi connectivity index (χ1v) is 11.7. The smallest absolute Gasteiger partial charge is 0.290 e. The van der Waals surface area contributed by atoms with Gasteiger partial charge in [-0.1, -0.05) is 36.4 Å². The van der Waals surface area contributed by atoms with Crippen molar-refractivity contribution in [2.24, 2.45) is 0 Å². The summed E-state index contributed by atoms with van der Waals surface area (Å²) in [6.45, 7) is 1.10. The van der Waals surface area contributed by atoms with Crippen molar-refractivity contribution in [1.82, 2.24) is 20.4 Å². The average molecular weight is 487 g/mol. The molecule has 0 aliphatic carbocycles. The normalized spacial score (nSPS) is 17.1. The first-order valence-electron chi connectivity index (χ1n) is 11.7. The number of nitrogens with one attached hydrogen (secondary N) is 2. The van der Waals surface area contributed by atoms with E-state index >= 15 is 0 Å². The number of hydrogen-bond donors (Lipinski definition) is 2. The monoisotopic (exact) mass is 486 g/mol. The zero-order chi connectivity index (χ0) is 25.4. The fourth-order valence-electron chi connectivity index (χ4n) is 4.83. The Morgan fingerprint density at radius 3 is 2.50 bits per heavy atom. The van der Waals surface area contributed by atoms with Crippen LogP contribution in [0.4, 0.5) is 0 Å². The van der Waals surface area contributed by atoms with Crippen LogP contribution in [0, 0.1) is 0 Å². The number of furan rings is 1. The van der Waals surface area contributed by atoms with Gasteiger partial charge in [-0.3, -0.25) is 19.2 Å². The lowest BCUT2D eigenvalue weighted by molar-refractivity contribution is -0.132. The molecule has 1 fully saturated rings. The minimum Gasteiger partial charge on any atom is -0.451 e. The van der Waals surface area contributed by atoms with Gasteiger partial charge < -0.3 is 24.9 Å². The molecule has 2 aromatic carbocycles. The molecule has 1 saturated heterocycles. The first-order chi connectivity index (χ1) is 17.4. The van der Waals surface area contributed by atoms with Crippen LogP contribution in [0.15, 0.2) is 59.0 Å². The molecular formula is C27H26N4O5. The first kappa shape index (κ1) is 23.3. The molecular weight excluding hydrogens is 460 g/mol. The predicted molar refractivity (Wildman–Crippen MR) is 132 cm³/mol. The zero-order valence-corrected chi connectivity index (χ0v) is 20.0. The SMILES string of the molecule is CNC(=O)CC1C(=O)NCCN1C(=O)c1ccc(-c2ccccc2-c2cccc3c2CN(C)C3=O)o1. The summed E-state index contributed by atoms with van der Waals surface area (Å²) in [5.41, 5.74) is 4.25. The number of nitrogens with zero attached hydrogens (tertiary/aromatic N) is 2. The van der Waals surface area contributed by atoms with Crippen LogP contribution >= 0.6 is 0 Å². The standard InChI is InChI=1S/C27H26N4O5/c1-28-24(32)14-21-25(33)29-12-13-31(21)27(35)23-11-10-22(36-23)18-7-4-3-6-16(18)17-8-5-9-19-20(17)15-30(2)26(19)34/h3-11,21H,12-15H2,1-2H3,(H,28,32)(H,29,33). The van der Waals surface area contributed by atoms with Crippen molar-refractivity contribution in [3.8, 4) is 22.5 Å². The Kier molecular flexibility index (Phi) is 6.05. The van der Waals surface area contributed by atoms with Crippen molar-refractivity contribution in [1.29, 1.82) is 0 Å². The van der Waals surface area contributed by atoms with Gasteiger partial charge in [-0.15, -0.1) is 0 Å². The van der Waals surface area contributed by atoms with E-state index in [9.17, 15) is 19.2 Å². The Labute approximate surface area is 208 Å². The van der Waals surface area contributed by atoms with E-state index in [0.29, 0.717) is 24.4 Å². The molecule has 1 atom stereocenters. The lowest BCUT2D eigenvalue weighted by Crippen LogP contribution is -2.58. The number of hydrogen-bond acceptors (Lipinski definition) is 5. The highest BCUT2D eigenvalue weighted by Gasteiger charge is 2.36. The summed E-state index contributed by atoms with van der Waals surface area (Å²) in [6.07, 6.45) is -0.128. The Morgan fingerprint density at radius 1 is 1.00 bits per heavy atom. The molecule has 1 aromatic heterocycles. The molecule has 3 heterocycles. The van der Waals surface area contributed by atoms with Crippen molar-refractivity contribution < 1.29 is 23.6 Å². The molecule has 184 valence electrons. The molecule has 0 bridgehead atoms. The maximum absolute atomic E-state index is 13.3. The third-order valence-corrected chi connectivity index (χ3v) is 6.70. The van der Waals surface area contributed by atoms with E-state index in [4.69, 9.17) is 4.42 Å². The van der Waals surface area contributed by atoms with E-state index in [0.717, 1.165) is 22.3 Å². The highest BCUT2D eigenvalue weighted by Crippen LogP contribution is 2.38. The van der Waals surface area contributed by atoms with E-state index < -0.39 is 11.9 Å². The molecule has 4 amide bonds. The Hall–Kier alpha value is -4.40. The number of piperazine rings is 1. The number of benzene rings is 2. The maximum Gasteiger partial charge on any atom is 0.290 e. The van der Waals surface area contributed by atoms with Gasteiger partial charge in [-0.05, 0) is 34.9 Å². The van der Waals surface area contributed by atoms with Gasteiger partial charge in [0.25, 0.3) is 11.8 Å². The number of carbonyl (C=O) groups excluding carboxylic acids is 4. The fraction of sp³-hybridized carbons (Fsp3) is 0.259. The van der Waals surface area contributed by atoms with Gasteiger partial charge in [0.15, 0.2) is 5.76 Å². The van der Waals surface area contributed by atoms with Crippen molar-refractivity contribution in [2.45, 2.75) is 19.0 Å². The molecule has 0 saturated carbocycles. The quantitative estimate of drug-likeness (QED) is 0.575. The minimum absolute atomic E-state index is 0.00732. The summed E-state index contributed by atoms with van der Waals surface area (Å²) in [5, 5.41) is 5.21. The fourth-order valence-corrected chi connectivity index (χ4v) is 4.83. The number of amides is 4. The van der Waals surface area contributed by atoms with Crippen LogP contribution in [0.1, 0.15) is 32.9 Å². The lowest BCUT2D eigenvalue weighted by atomic mass is 9.92. The summed E-state index contributed by atoms with van der Waals surface area (Å²) in [6, 6.07) is 15.8. The third-order valence-electron chi connectivity index (χ3n) is 6.70. The molecule has 2 aliphatic rings. The predicted octanol–water partition coefficient (Wildman–Crippen LogP) is 2.28. The molecule has 36 heavy (non-hydrogen) atoms. The van der Waals surface area contributed by atoms with Crippen LogP contribution in [0.25, 0.3) is 22.5 Å². The molecule has 1 unspecified atom stereocenters. The van der Waals surface area contributed by atoms with Gasteiger partial charge in [0.05, 0.1) is 6.42 Å². The summed E-state index contributed by atoms with van der Waals surface area (Å²) in [5.74, 6) is -0.572. The van der Waals surface area contributed by atoms with E-state index in [-0.39, 0.29) is 36.4 Å². The minimum atomic E-state index is -0.909. The van der Waals surface area contributed by atoms with Crippen molar-refractivity contribution in [2.75, 3.05) is 27.2 Å². The third kappa shape index (κ3) is 4.02. The van der Waals surface area contributed by atoms with E-state index in [1.54, 1.807) is 24.1 Å². The van der Waals surface area contributed by atoms with E-state index in [1.165, 1.54) is 11.9 Å². The molecule has 9 heteroatoms. The van der Waals surface area contributed by atoms with Gasteiger partial charge in [0, 0.05) is 44.9 Å². The lowest BCUT2D eigenvalue weighted by Gasteiger charge is -2.34. The second-order valence-corrected chi connectivity index (χ2v) is 8.89. The number of carbonyl (C=O) groups is 4. The van der Waals surface area contributed by atoms with Crippen LogP contribution in [0.3, 0.4) is 0 Å². The number of rotatable bonds is 5. The molecule has 2 N–H and O–H groups in total. The van der Waals surface area contributed by atoms with Crippen molar-refractivity contribution >= 4 is 23.6 Å². The topological polar surface area (TPSA) is 112 Å². The van der Waals surface area contributed by atoms with Crippen LogP contribution in [0.2, 0.25) is 0 Å². The summed E-state index contributed by atoms with van der Waals surface area (Å²) >= 11 is 0. The van der Waals surface area contributed by atoms with Crippen molar-refractivity contribution in [3.63, 3.8) is 0 Å².